The molecule has 2 amide bonds. The number of likely N-dealkylation sites (tertiary alicyclic amines) is 1. The van der Waals surface area contributed by atoms with Crippen molar-refractivity contribution in [1.29, 1.82) is 0 Å². The second-order valence-electron chi connectivity index (χ2n) is 7.91. The first-order chi connectivity index (χ1) is 12.6. The summed E-state index contributed by atoms with van der Waals surface area (Å²) < 4.78 is 0. The maximum atomic E-state index is 12.6. The van der Waals surface area contributed by atoms with E-state index in [0.717, 1.165) is 58.3 Å². The van der Waals surface area contributed by atoms with E-state index in [1.807, 2.05) is 4.90 Å². The number of anilines is 1. The molecule has 2 N–H and O–H groups in total. The van der Waals surface area contributed by atoms with Crippen molar-refractivity contribution >= 4 is 41.5 Å². The van der Waals surface area contributed by atoms with Crippen LogP contribution in [0.1, 0.15) is 48.9 Å². The third-order valence-corrected chi connectivity index (χ3v) is 6.53. The molecule has 1 unspecified atom stereocenters. The Bertz CT molecular complexity index is 713. The lowest BCUT2D eigenvalue weighted by molar-refractivity contribution is -0.118. The Kier molecular flexibility index (Phi) is 6.34. The van der Waals surface area contributed by atoms with Gasteiger partial charge in [-0.15, -0.1) is 12.4 Å². The third-order valence-electron chi connectivity index (χ3n) is 6.22. The van der Waals surface area contributed by atoms with Crippen LogP contribution in [0.25, 0.3) is 0 Å². The van der Waals surface area contributed by atoms with E-state index < -0.39 is 0 Å². The summed E-state index contributed by atoms with van der Waals surface area (Å²) in [6.45, 7) is 3.60. The molecule has 148 valence electrons. The van der Waals surface area contributed by atoms with Gasteiger partial charge in [0.15, 0.2) is 0 Å². The molecular weight excluding hydrogens is 385 g/mol. The highest BCUT2D eigenvalue weighted by Crippen LogP contribution is 2.58. The van der Waals surface area contributed by atoms with Crippen molar-refractivity contribution < 1.29 is 9.59 Å². The van der Waals surface area contributed by atoms with E-state index in [1.54, 1.807) is 18.2 Å². The van der Waals surface area contributed by atoms with Crippen molar-refractivity contribution in [2.75, 3.05) is 31.5 Å². The normalized spacial score (nSPS) is 23.4. The van der Waals surface area contributed by atoms with Crippen LogP contribution in [0.15, 0.2) is 18.2 Å². The summed E-state index contributed by atoms with van der Waals surface area (Å²) in [4.78, 5) is 27.1. The van der Waals surface area contributed by atoms with Crippen LogP contribution in [0.5, 0.6) is 0 Å². The highest BCUT2D eigenvalue weighted by Gasteiger charge is 2.57. The number of nitrogens with zero attached hydrogens (tertiary/aromatic N) is 1. The lowest BCUT2D eigenvalue weighted by Crippen LogP contribution is -2.35. The molecule has 1 atom stereocenters. The van der Waals surface area contributed by atoms with E-state index >= 15 is 0 Å². The van der Waals surface area contributed by atoms with Gasteiger partial charge in [0.25, 0.3) is 5.91 Å². The Morgan fingerprint density at radius 1 is 1.15 bits per heavy atom. The summed E-state index contributed by atoms with van der Waals surface area (Å²) in [5.74, 6) is 0.180. The van der Waals surface area contributed by atoms with Crippen molar-refractivity contribution in [2.45, 2.75) is 38.5 Å². The zero-order valence-electron chi connectivity index (χ0n) is 15.4. The molecule has 4 rings (SSSR count). The van der Waals surface area contributed by atoms with Gasteiger partial charge in [0, 0.05) is 24.7 Å². The van der Waals surface area contributed by atoms with E-state index in [-0.39, 0.29) is 35.6 Å². The minimum absolute atomic E-state index is 0. The fraction of sp³-hybridized carbons (Fsp3) is 0.600. The first-order valence-corrected chi connectivity index (χ1v) is 10.1. The fourth-order valence-electron chi connectivity index (χ4n) is 4.46. The summed E-state index contributed by atoms with van der Waals surface area (Å²) in [5, 5.41) is 6.76. The number of carbonyl (C=O) groups is 2. The van der Waals surface area contributed by atoms with Crippen molar-refractivity contribution in [3.8, 4) is 0 Å². The van der Waals surface area contributed by atoms with E-state index in [4.69, 9.17) is 11.6 Å². The van der Waals surface area contributed by atoms with Gasteiger partial charge >= 0.3 is 0 Å². The first-order valence-electron chi connectivity index (χ1n) is 9.69. The van der Waals surface area contributed by atoms with Gasteiger partial charge < -0.3 is 15.5 Å². The highest BCUT2D eigenvalue weighted by molar-refractivity contribution is 6.34. The largest absolute Gasteiger partial charge is 0.339 e. The van der Waals surface area contributed by atoms with Crippen LogP contribution in [-0.2, 0) is 4.79 Å². The van der Waals surface area contributed by atoms with E-state index in [1.165, 1.54) is 6.42 Å². The predicted molar refractivity (Wildman–Crippen MR) is 110 cm³/mol. The van der Waals surface area contributed by atoms with Gasteiger partial charge in [0.1, 0.15) is 0 Å². The summed E-state index contributed by atoms with van der Waals surface area (Å²) in [6.07, 6.45) is 6.43. The third kappa shape index (κ3) is 4.25. The van der Waals surface area contributed by atoms with Crippen LogP contribution in [0.4, 0.5) is 5.69 Å². The van der Waals surface area contributed by atoms with Crippen LogP contribution in [-0.4, -0.2) is 42.9 Å². The van der Waals surface area contributed by atoms with Gasteiger partial charge in [-0.2, -0.15) is 0 Å². The van der Waals surface area contributed by atoms with Gasteiger partial charge in [-0.05, 0) is 75.2 Å². The quantitative estimate of drug-likeness (QED) is 0.796. The van der Waals surface area contributed by atoms with Gasteiger partial charge in [-0.1, -0.05) is 11.6 Å². The van der Waals surface area contributed by atoms with Crippen molar-refractivity contribution in [2.24, 2.45) is 11.3 Å². The van der Waals surface area contributed by atoms with Crippen molar-refractivity contribution in [3.63, 3.8) is 0 Å². The molecule has 1 saturated carbocycles. The Balaban J connectivity index is 0.00000210. The van der Waals surface area contributed by atoms with Crippen LogP contribution in [0, 0.1) is 11.3 Å². The predicted octanol–water partition coefficient (Wildman–Crippen LogP) is 3.72. The summed E-state index contributed by atoms with van der Waals surface area (Å²) in [7, 11) is 0. The fourth-order valence-corrected chi connectivity index (χ4v) is 4.72. The molecule has 1 aromatic rings. The van der Waals surface area contributed by atoms with Crippen LogP contribution in [0.3, 0.4) is 0 Å². The number of nitrogens with one attached hydrogen (secondary N) is 2. The molecule has 3 aliphatic rings. The number of hydrogen-bond acceptors (Lipinski definition) is 3. The standard InChI is InChI=1S/C20H26ClN3O2.ClH/c21-17-12-14(4-5-15(17)19(26)24-10-2-1-3-11-24)23-18(25)16-13-20(16)6-8-22-9-7-20;/h4-5,12,16,22H,1-3,6-11,13H2,(H,23,25);1H. The zero-order chi connectivity index (χ0) is 18.1. The molecule has 1 spiro atoms. The molecular formula is C20H27Cl2N3O2. The van der Waals surface area contributed by atoms with E-state index in [2.05, 4.69) is 10.6 Å². The highest BCUT2D eigenvalue weighted by atomic mass is 35.5. The minimum atomic E-state index is -0.0107. The second kappa shape index (κ2) is 8.38. The van der Waals surface area contributed by atoms with E-state index in [0.29, 0.717) is 16.3 Å². The lowest BCUT2D eigenvalue weighted by atomic mass is 9.92. The smallest absolute Gasteiger partial charge is 0.255 e. The number of halogens is 2. The maximum absolute atomic E-state index is 12.6. The molecule has 0 bridgehead atoms. The van der Waals surface area contributed by atoms with Gasteiger partial charge in [0.2, 0.25) is 5.91 Å². The molecule has 5 nitrogen and oxygen atoms in total. The molecule has 0 radical (unpaired) electrons. The first kappa shape index (κ1) is 20.4. The van der Waals surface area contributed by atoms with Crippen LogP contribution in [0.2, 0.25) is 5.02 Å². The number of rotatable bonds is 3. The Morgan fingerprint density at radius 2 is 1.85 bits per heavy atom. The van der Waals surface area contributed by atoms with Crippen LogP contribution < -0.4 is 10.6 Å². The number of carbonyl (C=O) groups excluding carboxylic acids is 2. The molecule has 1 aliphatic carbocycles. The summed E-state index contributed by atoms with van der Waals surface area (Å²) >= 11 is 6.36. The SMILES string of the molecule is Cl.O=C(Nc1ccc(C(=O)N2CCCCC2)c(Cl)c1)C1CC12CCNCC2. The molecule has 27 heavy (non-hydrogen) atoms. The summed E-state index contributed by atoms with van der Waals surface area (Å²) in [5.41, 5.74) is 1.41. The zero-order valence-corrected chi connectivity index (χ0v) is 17.0. The average Bonchev–Trinajstić information content (AvgIpc) is 3.35. The molecule has 2 aliphatic heterocycles. The lowest BCUT2D eigenvalue weighted by Gasteiger charge is -2.27. The van der Waals surface area contributed by atoms with E-state index in [9.17, 15) is 9.59 Å². The van der Waals surface area contributed by atoms with Gasteiger partial charge in [-0.25, -0.2) is 0 Å². The number of piperidine rings is 2. The number of benzene rings is 1. The van der Waals surface area contributed by atoms with Gasteiger partial charge in [0.05, 0.1) is 10.6 Å². The number of hydrogen-bond donors (Lipinski definition) is 2. The Hall–Kier alpha value is -1.30. The Morgan fingerprint density at radius 3 is 2.52 bits per heavy atom. The van der Waals surface area contributed by atoms with Gasteiger partial charge in [-0.3, -0.25) is 9.59 Å². The van der Waals surface area contributed by atoms with Crippen molar-refractivity contribution in [3.05, 3.63) is 28.8 Å². The molecule has 3 fully saturated rings. The summed E-state index contributed by atoms with van der Waals surface area (Å²) in [6, 6.07) is 5.23. The second-order valence-corrected chi connectivity index (χ2v) is 8.31. The average molecular weight is 412 g/mol. The number of amides is 2. The topological polar surface area (TPSA) is 61.4 Å². The molecule has 2 saturated heterocycles. The van der Waals surface area contributed by atoms with Crippen molar-refractivity contribution in [1.82, 2.24) is 10.2 Å². The molecule has 1 aromatic carbocycles. The molecule has 0 aromatic heterocycles. The van der Waals surface area contributed by atoms with Crippen LogP contribution >= 0.6 is 24.0 Å². The molecule has 2 heterocycles. The maximum Gasteiger partial charge on any atom is 0.255 e. The molecule has 7 heteroatoms. The monoisotopic (exact) mass is 411 g/mol. The Labute approximate surface area is 171 Å². The minimum Gasteiger partial charge on any atom is -0.339 e.